The molecule has 1 heterocycles. The molecular formula is C13H11BrFN3O. The first-order chi connectivity index (χ1) is 8.97. The molecule has 0 atom stereocenters. The van der Waals surface area contributed by atoms with E-state index in [0.29, 0.717) is 0 Å². The van der Waals surface area contributed by atoms with Crippen LogP contribution in [0.15, 0.2) is 28.7 Å². The Morgan fingerprint density at radius 2 is 1.89 bits per heavy atom. The Balaban J connectivity index is 2.28. The van der Waals surface area contributed by atoms with Crippen LogP contribution in [0.5, 0.6) is 0 Å². The Hall–Kier alpha value is -1.82. The van der Waals surface area contributed by atoms with Crippen molar-refractivity contribution in [1.82, 2.24) is 9.97 Å². The molecule has 0 bridgehead atoms. The van der Waals surface area contributed by atoms with Crippen molar-refractivity contribution < 1.29 is 9.18 Å². The van der Waals surface area contributed by atoms with Crippen molar-refractivity contribution in [2.24, 2.45) is 0 Å². The van der Waals surface area contributed by atoms with Crippen LogP contribution in [0.4, 0.5) is 10.3 Å². The van der Waals surface area contributed by atoms with E-state index in [4.69, 9.17) is 0 Å². The molecule has 19 heavy (non-hydrogen) atoms. The molecule has 6 heteroatoms. The number of aromatic nitrogens is 2. The number of halogens is 2. The van der Waals surface area contributed by atoms with Crippen molar-refractivity contribution in [2.75, 3.05) is 5.32 Å². The molecule has 0 radical (unpaired) electrons. The lowest BCUT2D eigenvalue weighted by Crippen LogP contribution is -2.15. The van der Waals surface area contributed by atoms with Crippen molar-refractivity contribution in [3.05, 3.63) is 51.5 Å². The first kappa shape index (κ1) is 13.6. The number of carbonyl (C=O) groups is 1. The number of benzene rings is 1. The van der Waals surface area contributed by atoms with Crippen LogP contribution in [0.2, 0.25) is 0 Å². The van der Waals surface area contributed by atoms with Gasteiger partial charge in [0.15, 0.2) is 0 Å². The van der Waals surface area contributed by atoms with Crippen molar-refractivity contribution in [3.8, 4) is 0 Å². The number of nitrogens with one attached hydrogen (secondary N) is 1. The Bertz CT molecular complexity index is 626. The summed E-state index contributed by atoms with van der Waals surface area (Å²) in [5.74, 6) is -0.746. The zero-order valence-corrected chi connectivity index (χ0v) is 12.0. The van der Waals surface area contributed by atoms with Gasteiger partial charge in [0.05, 0.1) is 10.0 Å². The number of rotatable bonds is 2. The smallest absolute Gasteiger partial charge is 0.259 e. The third-order valence-corrected chi connectivity index (χ3v) is 3.21. The standard InChI is InChI=1S/C13H11BrFN3O/c1-7-6-8(2)17-13(16-7)18-12(19)9-4-3-5-10(15)11(9)14/h3-6H,1-2H3,(H,16,17,18,19). The first-order valence-electron chi connectivity index (χ1n) is 5.55. The van der Waals surface area contributed by atoms with E-state index in [9.17, 15) is 9.18 Å². The molecule has 4 nitrogen and oxygen atoms in total. The summed E-state index contributed by atoms with van der Waals surface area (Å²) in [7, 11) is 0. The first-order valence-corrected chi connectivity index (χ1v) is 6.34. The number of amides is 1. The van der Waals surface area contributed by atoms with Gasteiger partial charge < -0.3 is 0 Å². The van der Waals surface area contributed by atoms with E-state index < -0.39 is 11.7 Å². The highest BCUT2D eigenvalue weighted by Gasteiger charge is 2.14. The van der Waals surface area contributed by atoms with Gasteiger partial charge >= 0.3 is 0 Å². The number of hydrogen-bond acceptors (Lipinski definition) is 3. The molecule has 0 fully saturated rings. The van der Waals surface area contributed by atoms with Crippen molar-refractivity contribution in [3.63, 3.8) is 0 Å². The van der Waals surface area contributed by atoms with Crippen LogP contribution >= 0.6 is 15.9 Å². The van der Waals surface area contributed by atoms with Gasteiger partial charge in [-0.05, 0) is 48.0 Å². The topological polar surface area (TPSA) is 54.9 Å². The third-order valence-electron chi connectivity index (χ3n) is 2.40. The van der Waals surface area contributed by atoms with Gasteiger partial charge in [0.2, 0.25) is 5.95 Å². The van der Waals surface area contributed by atoms with Crippen molar-refractivity contribution in [2.45, 2.75) is 13.8 Å². The Morgan fingerprint density at radius 1 is 1.26 bits per heavy atom. The van der Waals surface area contributed by atoms with E-state index in [1.807, 2.05) is 13.8 Å². The molecule has 1 amide bonds. The summed E-state index contributed by atoms with van der Waals surface area (Å²) < 4.78 is 13.5. The van der Waals surface area contributed by atoms with E-state index in [2.05, 4.69) is 31.2 Å². The van der Waals surface area contributed by atoms with Crippen LogP contribution in [-0.2, 0) is 0 Å². The molecule has 0 aliphatic carbocycles. The number of hydrogen-bond donors (Lipinski definition) is 1. The van der Waals surface area contributed by atoms with Gasteiger partial charge in [0.1, 0.15) is 5.82 Å². The molecule has 0 unspecified atom stereocenters. The lowest BCUT2D eigenvalue weighted by atomic mass is 10.2. The van der Waals surface area contributed by atoms with E-state index in [1.54, 1.807) is 6.07 Å². The molecule has 98 valence electrons. The summed E-state index contributed by atoms with van der Waals surface area (Å²) >= 11 is 3.05. The van der Waals surface area contributed by atoms with E-state index >= 15 is 0 Å². The predicted octanol–water partition coefficient (Wildman–Crippen LogP) is 3.25. The minimum absolute atomic E-state index is 0.122. The van der Waals surface area contributed by atoms with Crippen molar-refractivity contribution >= 4 is 27.8 Å². The van der Waals surface area contributed by atoms with Gasteiger partial charge in [-0.1, -0.05) is 6.07 Å². The molecule has 2 aromatic rings. The minimum Gasteiger partial charge on any atom is -0.290 e. The Morgan fingerprint density at radius 3 is 2.53 bits per heavy atom. The fraction of sp³-hybridized carbons (Fsp3) is 0.154. The maximum Gasteiger partial charge on any atom is 0.259 e. The predicted molar refractivity (Wildman–Crippen MR) is 73.6 cm³/mol. The summed E-state index contributed by atoms with van der Waals surface area (Å²) in [6.45, 7) is 3.62. The summed E-state index contributed by atoms with van der Waals surface area (Å²) in [4.78, 5) is 20.2. The van der Waals surface area contributed by atoms with E-state index in [-0.39, 0.29) is 16.0 Å². The van der Waals surface area contributed by atoms with E-state index in [1.165, 1.54) is 18.2 Å². The molecule has 1 aromatic carbocycles. The van der Waals surface area contributed by atoms with Crippen LogP contribution < -0.4 is 5.32 Å². The number of carbonyl (C=O) groups excluding carboxylic acids is 1. The molecule has 2 rings (SSSR count). The Labute approximate surface area is 118 Å². The Kier molecular flexibility index (Phi) is 3.90. The molecule has 0 aliphatic heterocycles. The molecule has 0 saturated carbocycles. The molecule has 1 N–H and O–H groups in total. The fourth-order valence-electron chi connectivity index (χ4n) is 1.63. The van der Waals surface area contributed by atoms with Crippen LogP contribution in [0.3, 0.4) is 0 Å². The summed E-state index contributed by atoms with van der Waals surface area (Å²) in [5, 5.41) is 2.55. The van der Waals surface area contributed by atoms with E-state index in [0.717, 1.165) is 11.4 Å². The van der Waals surface area contributed by atoms with Gasteiger partial charge in [0, 0.05) is 11.4 Å². The fourth-order valence-corrected chi connectivity index (χ4v) is 2.07. The molecule has 0 spiro atoms. The third kappa shape index (κ3) is 3.14. The normalized spacial score (nSPS) is 10.3. The number of nitrogens with zero attached hydrogens (tertiary/aromatic N) is 2. The summed E-state index contributed by atoms with van der Waals surface area (Å²) in [6.07, 6.45) is 0. The van der Waals surface area contributed by atoms with Crippen LogP contribution in [0.25, 0.3) is 0 Å². The highest BCUT2D eigenvalue weighted by atomic mass is 79.9. The van der Waals surface area contributed by atoms with Gasteiger partial charge in [-0.2, -0.15) is 0 Å². The monoisotopic (exact) mass is 323 g/mol. The average Bonchev–Trinajstić information content (AvgIpc) is 2.31. The maximum absolute atomic E-state index is 13.3. The number of anilines is 1. The lowest BCUT2D eigenvalue weighted by Gasteiger charge is -2.07. The average molecular weight is 324 g/mol. The number of aryl methyl sites for hydroxylation is 2. The van der Waals surface area contributed by atoms with Gasteiger partial charge in [-0.3, -0.25) is 10.1 Å². The van der Waals surface area contributed by atoms with Crippen molar-refractivity contribution in [1.29, 1.82) is 0 Å². The minimum atomic E-state index is -0.492. The second kappa shape index (κ2) is 5.44. The van der Waals surface area contributed by atoms with Crippen LogP contribution in [0, 0.1) is 19.7 Å². The zero-order chi connectivity index (χ0) is 14.0. The van der Waals surface area contributed by atoms with Gasteiger partial charge in [-0.25, -0.2) is 14.4 Å². The molecule has 1 aromatic heterocycles. The zero-order valence-electron chi connectivity index (χ0n) is 10.4. The maximum atomic E-state index is 13.3. The molecule has 0 aliphatic rings. The SMILES string of the molecule is Cc1cc(C)nc(NC(=O)c2cccc(F)c2Br)n1. The quantitative estimate of drug-likeness (QED) is 0.923. The largest absolute Gasteiger partial charge is 0.290 e. The highest BCUT2D eigenvalue weighted by molar-refractivity contribution is 9.10. The summed E-state index contributed by atoms with van der Waals surface area (Å²) in [6, 6.07) is 6.06. The van der Waals surface area contributed by atoms with Gasteiger partial charge in [0.25, 0.3) is 5.91 Å². The lowest BCUT2D eigenvalue weighted by molar-refractivity contribution is 0.102. The second-order valence-electron chi connectivity index (χ2n) is 4.03. The molecule has 0 saturated heterocycles. The van der Waals surface area contributed by atoms with Crippen LogP contribution in [-0.4, -0.2) is 15.9 Å². The molecular weight excluding hydrogens is 313 g/mol. The highest BCUT2D eigenvalue weighted by Crippen LogP contribution is 2.21. The van der Waals surface area contributed by atoms with Gasteiger partial charge in [-0.15, -0.1) is 0 Å². The second-order valence-corrected chi connectivity index (χ2v) is 4.82. The van der Waals surface area contributed by atoms with Crippen LogP contribution in [0.1, 0.15) is 21.7 Å². The summed E-state index contributed by atoms with van der Waals surface area (Å²) in [5.41, 5.74) is 1.70.